The Morgan fingerprint density at radius 1 is 1.35 bits per heavy atom. The molecular formula is C13H18ClFN2. The van der Waals surface area contributed by atoms with E-state index in [1.54, 1.807) is 6.07 Å². The molecule has 0 aliphatic carbocycles. The predicted octanol–water partition coefficient (Wildman–Crippen LogP) is 2.79. The number of likely N-dealkylation sites (tertiary alicyclic amines) is 1. The van der Waals surface area contributed by atoms with Crippen LogP contribution in [0.15, 0.2) is 18.2 Å². The molecule has 2 N–H and O–H groups in total. The molecule has 0 spiro atoms. The van der Waals surface area contributed by atoms with Crippen molar-refractivity contribution < 1.29 is 4.39 Å². The molecule has 1 saturated heterocycles. The third-order valence-electron chi connectivity index (χ3n) is 3.33. The predicted molar refractivity (Wildman–Crippen MR) is 68.5 cm³/mol. The lowest BCUT2D eigenvalue weighted by molar-refractivity contribution is 0.145. The van der Waals surface area contributed by atoms with E-state index >= 15 is 0 Å². The first-order chi connectivity index (χ1) is 8.19. The fourth-order valence-electron chi connectivity index (χ4n) is 2.47. The highest BCUT2D eigenvalue weighted by Crippen LogP contribution is 2.21. The second-order valence-electron chi connectivity index (χ2n) is 4.63. The molecule has 2 rings (SSSR count). The molecule has 2 nitrogen and oxygen atoms in total. The molecule has 1 atom stereocenters. The zero-order valence-electron chi connectivity index (χ0n) is 9.83. The molecule has 0 radical (unpaired) electrons. The highest BCUT2D eigenvalue weighted by Gasteiger charge is 2.21. The van der Waals surface area contributed by atoms with E-state index in [0.717, 1.165) is 25.1 Å². The summed E-state index contributed by atoms with van der Waals surface area (Å²) in [5.41, 5.74) is 6.69. The minimum atomic E-state index is -0.270. The number of rotatable bonds is 3. The third kappa shape index (κ3) is 3.41. The van der Waals surface area contributed by atoms with Gasteiger partial charge in [0.05, 0.1) is 0 Å². The van der Waals surface area contributed by atoms with Gasteiger partial charge in [0.1, 0.15) is 5.82 Å². The van der Waals surface area contributed by atoms with Crippen molar-refractivity contribution in [3.63, 3.8) is 0 Å². The minimum Gasteiger partial charge on any atom is -0.329 e. The summed E-state index contributed by atoms with van der Waals surface area (Å²) in [6.07, 6.45) is 3.57. The summed E-state index contributed by atoms with van der Waals surface area (Å²) in [6.45, 7) is 2.44. The summed E-state index contributed by atoms with van der Waals surface area (Å²) in [7, 11) is 0. The Balaban J connectivity index is 2.08. The van der Waals surface area contributed by atoms with Crippen LogP contribution in [0, 0.1) is 5.82 Å². The van der Waals surface area contributed by atoms with E-state index in [1.165, 1.54) is 18.9 Å². The van der Waals surface area contributed by atoms with Crippen LogP contribution in [-0.2, 0) is 6.54 Å². The Kier molecular flexibility index (Phi) is 4.37. The molecule has 17 heavy (non-hydrogen) atoms. The molecule has 1 unspecified atom stereocenters. The van der Waals surface area contributed by atoms with Crippen molar-refractivity contribution in [2.24, 2.45) is 5.73 Å². The monoisotopic (exact) mass is 256 g/mol. The molecule has 1 aliphatic rings. The number of piperidine rings is 1. The van der Waals surface area contributed by atoms with Crippen molar-refractivity contribution in [1.82, 2.24) is 4.90 Å². The van der Waals surface area contributed by atoms with E-state index in [1.807, 2.05) is 6.07 Å². The molecule has 0 bridgehead atoms. The van der Waals surface area contributed by atoms with Gasteiger partial charge in [0.15, 0.2) is 0 Å². The molecule has 0 saturated carbocycles. The summed E-state index contributed by atoms with van der Waals surface area (Å²) in [5, 5.41) is 0.460. The smallest absolute Gasteiger partial charge is 0.125 e. The summed E-state index contributed by atoms with van der Waals surface area (Å²) < 4.78 is 13.2. The minimum absolute atomic E-state index is 0.270. The summed E-state index contributed by atoms with van der Waals surface area (Å²) >= 11 is 5.85. The molecule has 1 heterocycles. The topological polar surface area (TPSA) is 29.3 Å². The first-order valence-electron chi connectivity index (χ1n) is 6.08. The SMILES string of the molecule is NCC1CCCCN1Cc1cc(F)cc(Cl)c1. The van der Waals surface area contributed by atoms with E-state index < -0.39 is 0 Å². The largest absolute Gasteiger partial charge is 0.329 e. The van der Waals surface area contributed by atoms with Crippen molar-refractivity contribution in [1.29, 1.82) is 0 Å². The van der Waals surface area contributed by atoms with Crippen LogP contribution in [0.1, 0.15) is 24.8 Å². The van der Waals surface area contributed by atoms with Gasteiger partial charge in [0.2, 0.25) is 0 Å². The van der Waals surface area contributed by atoms with Crippen LogP contribution in [0.5, 0.6) is 0 Å². The lowest BCUT2D eigenvalue weighted by atomic mass is 10.0. The highest BCUT2D eigenvalue weighted by atomic mass is 35.5. The van der Waals surface area contributed by atoms with Gasteiger partial charge in [-0.05, 0) is 43.1 Å². The van der Waals surface area contributed by atoms with E-state index in [-0.39, 0.29) is 5.82 Å². The van der Waals surface area contributed by atoms with Crippen LogP contribution >= 0.6 is 11.6 Å². The van der Waals surface area contributed by atoms with Gasteiger partial charge < -0.3 is 5.73 Å². The fraction of sp³-hybridized carbons (Fsp3) is 0.538. The molecule has 1 aliphatic heterocycles. The first-order valence-corrected chi connectivity index (χ1v) is 6.46. The fourth-order valence-corrected chi connectivity index (χ4v) is 2.72. The van der Waals surface area contributed by atoms with Crippen LogP contribution in [0.25, 0.3) is 0 Å². The average molecular weight is 257 g/mol. The van der Waals surface area contributed by atoms with Crippen molar-refractivity contribution in [3.05, 3.63) is 34.6 Å². The Labute approximate surface area is 107 Å². The number of halogens is 2. The lowest BCUT2D eigenvalue weighted by Gasteiger charge is -2.35. The maximum Gasteiger partial charge on any atom is 0.125 e. The van der Waals surface area contributed by atoms with Gasteiger partial charge in [-0.2, -0.15) is 0 Å². The van der Waals surface area contributed by atoms with Gasteiger partial charge in [-0.3, -0.25) is 4.90 Å². The maximum atomic E-state index is 13.2. The van der Waals surface area contributed by atoms with Crippen LogP contribution in [0.3, 0.4) is 0 Å². The Bertz CT molecular complexity index is 363. The molecule has 0 amide bonds. The van der Waals surface area contributed by atoms with E-state index in [2.05, 4.69) is 4.90 Å². The van der Waals surface area contributed by atoms with Crippen molar-refractivity contribution in [3.8, 4) is 0 Å². The van der Waals surface area contributed by atoms with Crippen molar-refractivity contribution in [2.75, 3.05) is 13.1 Å². The number of nitrogens with zero attached hydrogens (tertiary/aromatic N) is 1. The summed E-state index contributed by atoms with van der Waals surface area (Å²) in [5.74, 6) is -0.270. The Morgan fingerprint density at radius 2 is 2.18 bits per heavy atom. The molecule has 1 aromatic rings. The van der Waals surface area contributed by atoms with Crippen LogP contribution < -0.4 is 5.73 Å². The Morgan fingerprint density at radius 3 is 2.88 bits per heavy atom. The van der Waals surface area contributed by atoms with Gasteiger partial charge in [0.25, 0.3) is 0 Å². The van der Waals surface area contributed by atoms with E-state index in [4.69, 9.17) is 17.3 Å². The summed E-state index contributed by atoms with van der Waals surface area (Å²) in [6, 6.07) is 5.13. The molecule has 94 valence electrons. The molecule has 1 fully saturated rings. The van der Waals surface area contributed by atoms with E-state index in [0.29, 0.717) is 17.6 Å². The maximum absolute atomic E-state index is 13.2. The van der Waals surface area contributed by atoms with Crippen LogP contribution in [0.2, 0.25) is 5.02 Å². The molecule has 1 aromatic carbocycles. The van der Waals surface area contributed by atoms with Crippen LogP contribution in [0.4, 0.5) is 4.39 Å². The van der Waals surface area contributed by atoms with Gasteiger partial charge in [-0.25, -0.2) is 4.39 Å². The standard InChI is InChI=1S/C13H18ClFN2/c14-11-5-10(6-12(15)7-11)9-17-4-2-1-3-13(17)8-16/h5-7,13H,1-4,8-9,16H2. The second-order valence-corrected chi connectivity index (χ2v) is 5.07. The number of hydrogen-bond donors (Lipinski definition) is 1. The quantitative estimate of drug-likeness (QED) is 0.901. The summed E-state index contributed by atoms with van der Waals surface area (Å²) in [4.78, 5) is 2.33. The number of nitrogens with two attached hydrogens (primary N) is 1. The second kappa shape index (κ2) is 5.80. The number of benzene rings is 1. The molecule has 0 aromatic heterocycles. The van der Waals surface area contributed by atoms with Crippen molar-refractivity contribution >= 4 is 11.6 Å². The zero-order valence-corrected chi connectivity index (χ0v) is 10.6. The van der Waals surface area contributed by atoms with E-state index in [9.17, 15) is 4.39 Å². The first kappa shape index (κ1) is 12.8. The van der Waals surface area contributed by atoms with Crippen molar-refractivity contribution in [2.45, 2.75) is 31.8 Å². The Hall–Kier alpha value is -0.640. The third-order valence-corrected chi connectivity index (χ3v) is 3.55. The molecule has 4 heteroatoms. The van der Waals surface area contributed by atoms with Gasteiger partial charge in [-0.15, -0.1) is 0 Å². The van der Waals surface area contributed by atoms with Gasteiger partial charge in [-0.1, -0.05) is 18.0 Å². The number of hydrogen-bond acceptors (Lipinski definition) is 2. The zero-order chi connectivity index (χ0) is 12.3. The lowest BCUT2D eigenvalue weighted by Crippen LogP contribution is -2.43. The van der Waals surface area contributed by atoms with Gasteiger partial charge >= 0.3 is 0 Å². The molecular weight excluding hydrogens is 239 g/mol. The average Bonchev–Trinajstić information content (AvgIpc) is 2.28. The van der Waals surface area contributed by atoms with Gasteiger partial charge in [0, 0.05) is 24.2 Å². The van der Waals surface area contributed by atoms with Crippen LogP contribution in [-0.4, -0.2) is 24.0 Å². The highest BCUT2D eigenvalue weighted by molar-refractivity contribution is 6.30. The normalized spacial score (nSPS) is 21.7.